The van der Waals surface area contributed by atoms with Gasteiger partial charge in [-0.25, -0.2) is 26.9 Å². The number of nitrogens with one attached hydrogen (secondary N) is 11. The van der Waals surface area contributed by atoms with Crippen LogP contribution in [0.1, 0.15) is 86.5 Å². The molecule has 0 saturated heterocycles. The van der Waals surface area contributed by atoms with Crippen molar-refractivity contribution in [3.63, 3.8) is 0 Å². The van der Waals surface area contributed by atoms with Gasteiger partial charge in [0.05, 0.1) is 50.6 Å². The Kier molecular flexibility index (Phi) is 32.4. The number of imidazole rings is 1. The molecule has 32 nitrogen and oxygen atoms in total. The average Bonchev–Trinajstić information content (AvgIpc) is 0.833. The van der Waals surface area contributed by atoms with E-state index in [2.05, 4.69) is 42.6 Å². The summed E-state index contributed by atoms with van der Waals surface area (Å²) in [6, 6.07) is 7.98. The number of carbonyl (C=O) groups is 13. The molecule has 1 aromatic heterocycles. The highest BCUT2D eigenvalue weighted by atomic mass is 19.2. The van der Waals surface area contributed by atoms with Crippen LogP contribution in [0.15, 0.2) is 104 Å². The Morgan fingerprint density at radius 1 is 0.486 bits per heavy atom. The van der Waals surface area contributed by atoms with Crippen molar-refractivity contribution in [3.05, 3.63) is 172 Å². The van der Waals surface area contributed by atoms with Gasteiger partial charge in [0, 0.05) is 43.1 Å². The van der Waals surface area contributed by atoms with Crippen LogP contribution in [0.25, 0.3) is 22.3 Å². The normalized spacial score (nSPS) is 14.4. The Hall–Kier alpha value is -12.1. The van der Waals surface area contributed by atoms with Crippen LogP contribution in [0.2, 0.25) is 0 Å². The van der Waals surface area contributed by atoms with Crippen molar-refractivity contribution in [2.24, 2.45) is 11.5 Å². The van der Waals surface area contributed by atoms with Gasteiger partial charge in [-0.15, -0.1) is 0 Å². The van der Waals surface area contributed by atoms with Crippen molar-refractivity contribution in [2.45, 2.75) is 166 Å². The van der Waals surface area contributed by atoms with Crippen LogP contribution in [-0.4, -0.2) is 198 Å². The van der Waals surface area contributed by atoms with E-state index in [0.29, 0.717) is 23.2 Å². The highest BCUT2D eigenvalue weighted by Crippen LogP contribution is 2.29. The van der Waals surface area contributed by atoms with Crippen LogP contribution >= 0.6 is 0 Å². The molecular weight excluding hydrogens is 1470 g/mol. The number of nitrogens with zero attached hydrogens (tertiary/aromatic N) is 1. The quantitative estimate of drug-likeness (QED) is 0.0127. The van der Waals surface area contributed by atoms with E-state index in [9.17, 15) is 101 Å². The van der Waals surface area contributed by atoms with E-state index in [1.54, 1.807) is 48.5 Å². The number of aliphatic carboxylic acids is 2. The van der Waals surface area contributed by atoms with Gasteiger partial charge < -0.3 is 95.2 Å². The standard InChI is InChI=1S/C74H87F5N14O18/c1-7-38-17-22-46(41(8-2)23-38)43-20-15-40(16-21-43)25-50(69(106)86-49(65(81)102)24-39-13-18-42(19-14-39)45-12-10-9-11-34(45)3)88-70(107)53(29-57(100)101)89-72(109)54(32-94)91-74(111)64(37(6)96)93-71(108)51(27-47-58(75)60(77)62(79)61(78)59(47)76)90-73(110)63(36(5)95)92-55(97)31-83-68(105)52(28-56(98)99)87-66(103)35(4)85-67(104)48(80)26-44-30-82-33-84-44/h9-23,30,33,35-37,48-54,63-64,94-96H,7-8,24-29,31-32,80H2,1-6H3,(H2,81,102)(H,82,84)(H,83,105)(H,85,104)(H,86,106)(H,87,103)(H,88,107)(H,89,109)(H,90,110)(H,91,111)(H,92,97)(H,93,108)(H,98,99)(H,100,101)/t35-,36+,37+,48-,49-,50-,51-,52-,53-,54-,63-,64-/m0/s1. The van der Waals surface area contributed by atoms with Crippen LogP contribution in [0.5, 0.6) is 0 Å². The maximum Gasteiger partial charge on any atom is 0.305 e. The summed E-state index contributed by atoms with van der Waals surface area (Å²) in [5, 5.41) is 72.6. The van der Waals surface area contributed by atoms with Gasteiger partial charge in [-0.05, 0) is 90.6 Å². The van der Waals surface area contributed by atoms with Crippen molar-refractivity contribution >= 4 is 76.9 Å². The number of amides is 11. The summed E-state index contributed by atoms with van der Waals surface area (Å²) in [6.45, 7) is 6.12. The Balaban J connectivity index is 1.20. The van der Waals surface area contributed by atoms with Crippen molar-refractivity contribution in [1.82, 2.24) is 63.1 Å². The second kappa shape index (κ2) is 40.9. The number of aromatic nitrogens is 2. The molecular formula is C74H87F5N14O18. The molecule has 0 fully saturated rings. The summed E-state index contributed by atoms with van der Waals surface area (Å²) < 4.78 is 74.4. The Labute approximate surface area is 631 Å². The molecule has 37 heteroatoms. The minimum atomic E-state index is -2.67. The second-order valence-corrected chi connectivity index (χ2v) is 26.1. The van der Waals surface area contributed by atoms with Crippen molar-refractivity contribution in [2.75, 3.05) is 13.2 Å². The predicted octanol–water partition coefficient (Wildman–Crippen LogP) is -0.842. The van der Waals surface area contributed by atoms with E-state index in [4.69, 9.17) is 11.5 Å². The number of aliphatic hydroxyl groups excluding tert-OH is 3. The van der Waals surface area contributed by atoms with Gasteiger partial charge in [0.25, 0.3) is 0 Å². The first-order valence-electron chi connectivity index (χ1n) is 34.7. The van der Waals surface area contributed by atoms with E-state index < -0.39 is 217 Å². The summed E-state index contributed by atoms with van der Waals surface area (Å²) in [5.41, 5.74) is 18.0. The fourth-order valence-electron chi connectivity index (χ4n) is 11.4. The van der Waals surface area contributed by atoms with Crippen molar-refractivity contribution in [3.8, 4) is 22.3 Å². The maximum absolute atomic E-state index is 15.4. The SMILES string of the molecule is CCc1ccc(-c2ccc(C[C@H](NC(=O)[C@H](CC(=O)O)NC(=O)[C@H](CO)NC(=O)[C@@H](NC(=O)[C@H](Cc3c(F)c(F)c(F)c(F)c3F)NC(=O)[C@@H](NC(=O)CNC(=O)[C@H](CC(=O)O)NC(=O)[C@H](C)NC(=O)[C@@H](N)Cc3cnc[nH]3)[C@@H](C)O)[C@@H](C)O)C(=O)N[C@@H](Cc3ccc(-c4ccccc4C)cc3)C(N)=O)cc2)c(CC)c1. The van der Waals surface area contributed by atoms with E-state index in [1.165, 1.54) is 12.5 Å². The third-order valence-electron chi connectivity index (χ3n) is 17.6. The monoisotopic (exact) mass is 1550 g/mol. The van der Waals surface area contributed by atoms with Gasteiger partial charge >= 0.3 is 11.9 Å². The number of nitrogens with two attached hydrogens (primary N) is 2. The first-order valence-corrected chi connectivity index (χ1v) is 34.7. The number of primary amides is 1. The minimum Gasteiger partial charge on any atom is -0.481 e. The zero-order valence-corrected chi connectivity index (χ0v) is 60.8. The summed E-state index contributed by atoms with van der Waals surface area (Å²) >= 11 is 0. The number of hydrogen-bond donors (Lipinski definition) is 18. The van der Waals surface area contributed by atoms with Crippen LogP contribution in [0, 0.1) is 36.0 Å². The molecule has 6 aromatic rings. The molecule has 0 spiro atoms. The molecule has 5 aromatic carbocycles. The minimum absolute atomic E-state index is 0.0431. The molecule has 0 aliphatic rings. The molecule has 0 aliphatic heterocycles. The largest absolute Gasteiger partial charge is 0.481 e. The van der Waals surface area contributed by atoms with Crippen LogP contribution in [0.4, 0.5) is 22.0 Å². The zero-order valence-electron chi connectivity index (χ0n) is 60.8. The summed E-state index contributed by atoms with van der Waals surface area (Å²) in [5.74, 6) is -31.1. The van der Waals surface area contributed by atoms with E-state index >= 15 is 8.78 Å². The molecule has 1 heterocycles. The number of carboxylic acids is 2. The van der Waals surface area contributed by atoms with Crippen molar-refractivity contribution < 1.29 is 110 Å². The Morgan fingerprint density at radius 3 is 1.47 bits per heavy atom. The van der Waals surface area contributed by atoms with Gasteiger partial charge in [0.15, 0.2) is 23.3 Å². The van der Waals surface area contributed by atoms with Gasteiger partial charge in [-0.3, -0.25) is 62.3 Å². The Morgan fingerprint density at radius 2 is 0.946 bits per heavy atom. The highest BCUT2D eigenvalue weighted by molar-refractivity contribution is 6.00. The maximum atomic E-state index is 15.4. The molecule has 596 valence electrons. The molecule has 0 radical (unpaired) electrons. The molecule has 111 heavy (non-hydrogen) atoms. The average molecular weight is 1560 g/mol. The molecule has 6 rings (SSSR count). The smallest absolute Gasteiger partial charge is 0.305 e. The van der Waals surface area contributed by atoms with Gasteiger partial charge in [-0.2, -0.15) is 0 Å². The molecule has 12 atom stereocenters. The van der Waals surface area contributed by atoms with Gasteiger partial charge in [0.2, 0.25) is 70.8 Å². The highest BCUT2D eigenvalue weighted by Gasteiger charge is 2.39. The number of rotatable bonds is 40. The molecule has 11 amide bonds. The number of halogens is 5. The van der Waals surface area contributed by atoms with Crippen LogP contribution < -0.4 is 64.6 Å². The number of carboxylic acid groups (broad SMARTS) is 2. The van der Waals surface area contributed by atoms with E-state index in [-0.39, 0.29) is 19.3 Å². The number of benzene rings is 5. The number of aliphatic hydroxyl groups is 3. The number of aromatic amines is 1. The molecule has 0 bridgehead atoms. The lowest BCUT2D eigenvalue weighted by Crippen LogP contribution is -2.63. The fraction of sp³-hybridized carbons (Fsp3) is 0.378. The summed E-state index contributed by atoms with van der Waals surface area (Å²) in [4.78, 5) is 181. The number of carbonyl (C=O) groups excluding carboxylic acids is 11. The predicted molar refractivity (Wildman–Crippen MR) is 385 cm³/mol. The third-order valence-corrected chi connectivity index (χ3v) is 17.6. The van der Waals surface area contributed by atoms with E-state index in [0.717, 1.165) is 66.1 Å². The summed E-state index contributed by atoms with van der Waals surface area (Å²) in [7, 11) is 0. The first-order chi connectivity index (χ1) is 52.4. The van der Waals surface area contributed by atoms with Crippen LogP contribution in [-0.2, 0) is 101 Å². The second-order valence-electron chi connectivity index (χ2n) is 26.1. The van der Waals surface area contributed by atoms with Gasteiger partial charge in [0.1, 0.15) is 54.4 Å². The third kappa shape index (κ3) is 25.0. The van der Waals surface area contributed by atoms with Crippen molar-refractivity contribution in [1.29, 1.82) is 0 Å². The topological polar surface area (TPSA) is 524 Å². The zero-order chi connectivity index (χ0) is 82.2. The first kappa shape index (κ1) is 87.8. The number of H-pyrrole nitrogens is 1. The molecule has 20 N–H and O–H groups in total. The lowest BCUT2D eigenvalue weighted by atomic mass is 9.94. The van der Waals surface area contributed by atoms with Crippen LogP contribution in [0.3, 0.4) is 0 Å². The van der Waals surface area contributed by atoms with E-state index in [1.807, 2.05) is 83.8 Å². The summed E-state index contributed by atoms with van der Waals surface area (Å²) in [6.07, 6.45) is -4.66. The fourth-order valence-corrected chi connectivity index (χ4v) is 11.4. The molecule has 0 aliphatic carbocycles. The lowest BCUT2D eigenvalue weighted by molar-refractivity contribution is -0.142. The number of aryl methyl sites for hydroxylation is 3. The molecule has 0 saturated carbocycles. The lowest BCUT2D eigenvalue weighted by Gasteiger charge is -2.28. The number of hydrogen-bond acceptors (Lipinski definition) is 18. The Bertz CT molecular complexity index is 4360. The van der Waals surface area contributed by atoms with Gasteiger partial charge in [-0.1, -0.05) is 105 Å². The molecule has 0 unspecified atom stereocenters.